The zero-order valence-corrected chi connectivity index (χ0v) is 15.0. The van der Waals surface area contributed by atoms with Gasteiger partial charge in [-0.25, -0.2) is 9.37 Å². The smallest absolute Gasteiger partial charge is 0.226 e. The summed E-state index contributed by atoms with van der Waals surface area (Å²) in [5, 5.41) is 0. The van der Waals surface area contributed by atoms with E-state index < -0.39 is 0 Å². The van der Waals surface area contributed by atoms with Crippen LogP contribution in [-0.2, 0) is 4.79 Å². The van der Waals surface area contributed by atoms with Gasteiger partial charge in [-0.2, -0.15) is 0 Å². The summed E-state index contributed by atoms with van der Waals surface area (Å²) < 4.78 is 20.1. The second-order valence-electron chi connectivity index (χ2n) is 7.53. The third kappa shape index (κ3) is 2.82. The molecule has 2 fully saturated rings. The summed E-state index contributed by atoms with van der Waals surface area (Å²) in [5.74, 6) is 0.773. The van der Waals surface area contributed by atoms with Crippen molar-refractivity contribution in [2.75, 3.05) is 6.54 Å². The summed E-state index contributed by atoms with van der Waals surface area (Å²) in [6, 6.07) is 12.2. The maximum atomic E-state index is 14.1. The quantitative estimate of drug-likeness (QED) is 0.650. The van der Waals surface area contributed by atoms with E-state index >= 15 is 0 Å². The molecule has 1 atom stereocenters. The molecule has 2 aliphatic rings. The van der Waals surface area contributed by atoms with Crippen LogP contribution in [0, 0.1) is 11.7 Å². The molecule has 1 saturated carbocycles. The van der Waals surface area contributed by atoms with Gasteiger partial charge in [-0.1, -0.05) is 30.7 Å². The van der Waals surface area contributed by atoms with Crippen molar-refractivity contribution in [1.29, 1.82) is 0 Å². The van der Waals surface area contributed by atoms with E-state index in [1.807, 2.05) is 29.2 Å². The van der Waals surface area contributed by atoms with Crippen molar-refractivity contribution >= 4 is 17.0 Å². The average Bonchev–Trinajstić information content (AvgIpc) is 3.26. The molecule has 1 amide bonds. The number of benzene rings is 2. The van der Waals surface area contributed by atoms with E-state index in [1.165, 1.54) is 6.07 Å². The molecule has 5 rings (SSSR count). The molecular weight excluding hydrogens is 343 g/mol. The van der Waals surface area contributed by atoms with Crippen molar-refractivity contribution in [2.45, 2.75) is 38.1 Å². The van der Waals surface area contributed by atoms with Gasteiger partial charge in [-0.15, -0.1) is 0 Å². The van der Waals surface area contributed by atoms with E-state index in [0.29, 0.717) is 22.6 Å². The monoisotopic (exact) mass is 364 g/mol. The standard InChI is InChI=1S/C22H21FN2O2/c23-17-8-2-1-7-16(17)15-10-11-20-18(13-15)24-21(27-20)19-9-4-12-25(19)22(26)14-5-3-6-14/h1-2,7-8,10-11,13-14,19H,3-6,9,12H2/t19-/m0/s1. The Labute approximate surface area is 157 Å². The van der Waals surface area contributed by atoms with E-state index in [9.17, 15) is 9.18 Å². The van der Waals surface area contributed by atoms with Crippen LogP contribution >= 0.6 is 0 Å². The van der Waals surface area contributed by atoms with Crippen LogP contribution in [0.3, 0.4) is 0 Å². The number of amides is 1. The Morgan fingerprint density at radius 2 is 1.96 bits per heavy atom. The van der Waals surface area contributed by atoms with Crippen LogP contribution in [-0.4, -0.2) is 22.3 Å². The van der Waals surface area contributed by atoms with Gasteiger partial charge in [0.1, 0.15) is 17.4 Å². The molecule has 27 heavy (non-hydrogen) atoms. The number of hydrogen-bond donors (Lipinski definition) is 0. The van der Waals surface area contributed by atoms with Gasteiger partial charge in [-0.3, -0.25) is 4.79 Å². The number of hydrogen-bond acceptors (Lipinski definition) is 3. The predicted octanol–water partition coefficient (Wildman–Crippen LogP) is 5.10. The van der Waals surface area contributed by atoms with Crippen LogP contribution in [0.15, 0.2) is 46.9 Å². The first-order valence-electron chi connectivity index (χ1n) is 9.66. The van der Waals surface area contributed by atoms with Gasteiger partial charge in [-0.05, 0) is 49.4 Å². The molecule has 1 aliphatic carbocycles. The van der Waals surface area contributed by atoms with Crippen molar-refractivity contribution in [2.24, 2.45) is 5.92 Å². The highest BCUT2D eigenvalue weighted by atomic mass is 19.1. The molecule has 1 aromatic heterocycles. The summed E-state index contributed by atoms with van der Waals surface area (Å²) in [4.78, 5) is 19.3. The fourth-order valence-corrected chi connectivity index (χ4v) is 4.13. The van der Waals surface area contributed by atoms with Crippen molar-refractivity contribution < 1.29 is 13.6 Å². The molecule has 0 spiro atoms. The fourth-order valence-electron chi connectivity index (χ4n) is 4.13. The lowest BCUT2D eigenvalue weighted by Gasteiger charge is -2.31. The number of nitrogens with zero attached hydrogens (tertiary/aromatic N) is 2. The van der Waals surface area contributed by atoms with Crippen LogP contribution in [0.2, 0.25) is 0 Å². The van der Waals surface area contributed by atoms with Gasteiger partial charge in [0.15, 0.2) is 5.58 Å². The highest BCUT2D eigenvalue weighted by molar-refractivity contribution is 5.82. The Morgan fingerprint density at radius 1 is 1.11 bits per heavy atom. The molecule has 0 N–H and O–H groups in total. The molecule has 2 heterocycles. The fraction of sp³-hybridized carbons (Fsp3) is 0.364. The maximum absolute atomic E-state index is 14.1. The number of oxazole rings is 1. The zero-order chi connectivity index (χ0) is 18.4. The number of halogens is 1. The topological polar surface area (TPSA) is 46.3 Å². The third-order valence-electron chi connectivity index (χ3n) is 5.86. The van der Waals surface area contributed by atoms with Gasteiger partial charge < -0.3 is 9.32 Å². The predicted molar refractivity (Wildman–Crippen MR) is 100 cm³/mol. The largest absolute Gasteiger partial charge is 0.438 e. The first-order chi connectivity index (χ1) is 13.2. The summed E-state index contributed by atoms with van der Waals surface area (Å²) in [7, 11) is 0. The van der Waals surface area contributed by atoms with E-state index in [2.05, 4.69) is 4.98 Å². The van der Waals surface area contributed by atoms with E-state index in [1.54, 1.807) is 12.1 Å². The van der Waals surface area contributed by atoms with Crippen LogP contribution < -0.4 is 0 Å². The number of carbonyl (C=O) groups is 1. The van der Waals surface area contributed by atoms with E-state index in [0.717, 1.165) is 44.2 Å². The minimum atomic E-state index is -0.256. The minimum absolute atomic E-state index is 0.0811. The number of rotatable bonds is 3. The molecule has 0 bridgehead atoms. The van der Waals surface area contributed by atoms with Gasteiger partial charge in [0.2, 0.25) is 11.8 Å². The van der Waals surface area contributed by atoms with Crippen molar-refractivity contribution in [1.82, 2.24) is 9.88 Å². The van der Waals surface area contributed by atoms with Crippen LogP contribution in [0.25, 0.3) is 22.2 Å². The second-order valence-corrected chi connectivity index (χ2v) is 7.53. The second kappa shape index (κ2) is 6.48. The Balaban J connectivity index is 1.47. The number of fused-ring (bicyclic) bond motifs is 1. The molecule has 3 aromatic rings. The first kappa shape index (κ1) is 16.5. The molecule has 2 aromatic carbocycles. The average molecular weight is 364 g/mol. The Hall–Kier alpha value is -2.69. The Bertz CT molecular complexity index is 1010. The number of likely N-dealkylation sites (tertiary alicyclic amines) is 1. The molecule has 4 nitrogen and oxygen atoms in total. The summed E-state index contributed by atoms with van der Waals surface area (Å²) in [6.45, 7) is 0.777. The van der Waals surface area contributed by atoms with Gasteiger partial charge in [0.25, 0.3) is 0 Å². The van der Waals surface area contributed by atoms with E-state index in [4.69, 9.17) is 4.42 Å². The lowest BCUT2D eigenvalue weighted by molar-refractivity contribution is -0.139. The Kier molecular flexibility index (Phi) is 3.96. The normalized spacial score (nSPS) is 20.2. The molecule has 1 saturated heterocycles. The maximum Gasteiger partial charge on any atom is 0.226 e. The molecule has 0 unspecified atom stereocenters. The highest BCUT2D eigenvalue weighted by Crippen LogP contribution is 2.38. The van der Waals surface area contributed by atoms with Crippen molar-refractivity contribution in [3.8, 4) is 11.1 Å². The summed E-state index contributed by atoms with van der Waals surface area (Å²) >= 11 is 0. The number of aromatic nitrogens is 1. The third-order valence-corrected chi connectivity index (χ3v) is 5.86. The van der Waals surface area contributed by atoms with Crippen molar-refractivity contribution in [3.05, 3.63) is 54.2 Å². The number of carbonyl (C=O) groups excluding carboxylic acids is 1. The van der Waals surface area contributed by atoms with Crippen LogP contribution in [0.4, 0.5) is 4.39 Å². The summed E-state index contributed by atoms with van der Waals surface area (Å²) in [6.07, 6.45) is 5.01. The van der Waals surface area contributed by atoms with Crippen LogP contribution in [0.5, 0.6) is 0 Å². The molecule has 0 radical (unpaired) electrons. The highest BCUT2D eigenvalue weighted by Gasteiger charge is 2.38. The van der Waals surface area contributed by atoms with Crippen molar-refractivity contribution in [3.63, 3.8) is 0 Å². The van der Waals surface area contributed by atoms with Crippen LogP contribution in [0.1, 0.15) is 44.0 Å². The molecular formula is C22H21FN2O2. The Morgan fingerprint density at radius 3 is 2.74 bits per heavy atom. The SMILES string of the molecule is O=C(C1CCC1)N1CCC[C@H]1c1nc2cc(-c3ccccc3F)ccc2o1. The van der Waals surface area contributed by atoms with Gasteiger partial charge in [0, 0.05) is 18.0 Å². The lowest BCUT2D eigenvalue weighted by atomic mass is 9.84. The molecule has 138 valence electrons. The molecule has 5 heteroatoms. The summed E-state index contributed by atoms with van der Waals surface area (Å²) in [5.41, 5.74) is 2.70. The van der Waals surface area contributed by atoms with Gasteiger partial charge in [0.05, 0.1) is 0 Å². The van der Waals surface area contributed by atoms with Gasteiger partial charge >= 0.3 is 0 Å². The first-order valence-corrected chi connectivity index (χ1v) is 9.66. The lowest BCUT2D eigenvalue weighted by Crippen LogP contribution is -2.38. The van der Waals surface area contributed by atoms with E-state index in [-0.39, 0.29) is 23.7 Å². The molecule has 1 aliphatic heterocycles. The zero-order valence-electron chi connectivity index (χ0n) is 15.0. The minimum Gasteiger partial charge on any atom is -0.438 e.